The zero-order valence-electron chi connectivity index (χ0n) is 19.3. The molecule has 200 valence electrons. The molecule has 0 saturated carbocycles. The van der Waals surface area contributed by atoms with Crippen molar-refractivity contribution in [2.45, 2.75) is 34.9 Å². The topological polar surface area (TPSA) is 121 Å². The second-order valence-corrected chi connectivity index (χ2v) is 13.0. The number of halogens is 4. The number of nitrogens with one attached hydrogen (secondary N) is 1. The highest BCUT2D eigenvalue weighted by atomic mass is 35.5. The smallest absolute Gasteiger partial charge is 0.373 e. The van der Waals surface area contributed by atoms with E-state index in [0.29, 0.717) is 12.2 Å². The van der Waals surface area contributed by atoms with Crippen LogP contribution in [0, 0.1) is 0 Å². The quantitative estimate of drug-likeness (QED) is 0.403. The zero-order chi connectivity index (χ0) is 27.5. The predicted molar refractivity (Wildman–Crippen MR) is 134 cm³/mol. The third kappa shape index (κ3) is 6.65. The molecule has 15 heteroatoms. The van der Waals surface area contributed by atoms with Gasteiger partial charge in [0.25, 0.3) is 15.9 Å². The number of hydrogen-bond acceptors (Lipinski definition) is 7. The lowest BCUT2D eigenvalue weighted by Crippen LogP contribution is -2.52. The fourth-order valence-electron chi connectivity index (χ4n) is 2.96. The maximum Gasteiger partial charge on any atom is 0.426 e. The Hall–Kier alpha value is -2.00. The molecule has 0 saturated heterocycles. The van der Waals surface area contributed by atoms with E-state index >= 15 is 0 Å². The van der Waals surface area contributed by atoms with Crippen LogP contribution in [-0.4, -0.2) is 64.4 Å². The molecule has 2 rings (SSSR count). The van der Waals surface area contributed by atoms with Crippen molar-refractivity contribution in [2.24, 2.45) is 0 Å². The van der Waals surface area contributed by atoms with Gasteiger partial charge in [-0.15, -0.1) is 0 Å². The van der Waals surface area contributed by atoms with Gasteiger partial charge in [-0.3, -0.25) is 9.10 Å². The zero-order valence-corrected chi connectivity index (χ0v) is 22.5. The fraction of sp³-hybridized carbons (Fsp3) is 0.381. The molecule has 0 unspecified atom stereocenters. The summed E-state index contributed by atoms with van der Waals surface area (Å²) in [6, 6.07) is 8.48. The van der Waals surface area contributed by atoms with Crippen molar-refractivity contribution < 1.29 is 39.9 Å². The summed E-state index contributed by atoms with van der Waals surface area (Å²) in [6.07, 6.45) is -2.17. The number of carbonyl (C=O) groups excluding carboxylic acids is 1. The van der Waals surface area contributed by atoms with Crippen molar-refractivity contribution in [1.29, 1.82) is 0 Å². The number of sulfonamides is 1. The Morgan fingerprint density at radius 2 is 1.69 bits per heavy atom. The number of nitrogens with zero attached hydrogens (tertiary/aromatic N) is 1. The van der Waals surface area contributed by atoms with Crippen LogP contribution in [0.1, 0.15) is 13.3 Å². The lowest BCUT2D eigenvalue weighted by molar-refractivity contribution is -0.242. The van der Waals surface area contributed by atoms with Crippen LogP contribution in [0.2, 0.25) is 5.02 Å². The first-order chi connectivity index (χ1) is 16.4. The number of benzene rings is 2. The van der Waals surface area contributed by atoms with Gasteiger partial charge in [-0.05, 0) is 55.7 Å². The molecule has 0 aliphatic rings. The van der Waals surface area contributed by atoms with E-state index in [-0.39, 0.29) is 29.9 Å². The molecular formula is C21H24ClF3N2O6S3. The summed E-state index contributed by atoms with van der Waals surface area (Å²) in [5, 5.41) is 11.1. The van der Waals surface area contributed by atoms with E-state index in [0.717, 1.165) is 28.8 Å². The summed E-state index contributed by atoms with van der Waals surface area (Å²) in [6.45, 7) is 0.218. The number of sulfone groups is 1. The van der Waals surface area contributed by atoms with Crippen LogP contribution in [0.5, 0.6) is 0 Å². The average Bonchev–Trinajstić information content (AvgIpc) is 2.76. The van der Waals surface area contributed by atoms with Crippen molar-refractivity contribution in [1.82, 2.24) is 0 Å². The van der Waals surface area contributed by atoms with E-state index in [4.69, 9.17) is 11.6 Å². The van der Waals surface area contributed by atoms with Crippen molar-refractivity contribution in [3.63, 3.8) is 0 Å². The van der Waals surface area contributed by atoms with Crippen LogP contribution in [0.4, 0.5) is 24.5 Å². The van der Waals surface area contributed by atoms with Gasteiger partial charge in [-0.1, -0.05) is 23.7 Å². The van der Waals surface area contributed by atoms with Gasteiger partial charge in [0.15, 0.2) is 9.84 Å². The highest BCUT2D eigenvalue weighted by molar-refractivity contribution is 7.98. The predicted octanol–water partition coefficient (Wildman–Crippen LogP) is 3.94. The van der Waals surface area contributed by atoms with Crippen LogP contribution < -0.4 is 9.62 Å². The third-order valence-electron chi connectivity index (χ3n) is 5.01. The molecule has 2 aromatic carbocycles. The van der Waals surface area contributed by atoms with Crippen LogP contribution in [-0.2, 0) is 24.7 Å². The molecule has 0 heterocycles. The number of amides is 1. The van der Waals surface area contributed by atoms with E-state index in [1.807, 2.05) is 11.6 Å². The Balaban J connectivity index is 2.54. The van der Waals surface area contributed by atoms with Crippen molar-refractivity contribution in [3.05, 3.63) is 47.5 Å². The van der Waals surface area contributed by atoms with Gasteiger partial charge in [0.05, 0.1) is 21.3 Å². The first-order valence-corrected chi connectivity index (χ1v) is 15.3. The van der Waals surface area contributed by atoms with Crippen molar-refractivity contribution >= 4 is 60.5 Å². The minimum Gasteiger partial charge on any atom is -0.373 e. The van der Waals surface area contributed by atoms with Gasteiger partial charge in [0.2, 0.25) is 5.60 Å². The monoisotopic (exact) mass is 588 g/mol. The number of thioether (sulfide) groups is 1. The van der Waals surface area contributed by atoms with Gasteiger partial charge in [-0.25, -0.2) is 16.8 Å². The minimum absolute atomic E-state index is 0.00927. The Bertz CT molecular complexity index is 1330. The number of alkyl halides is 3. The summed E-state index contributed by atoms with van der Waals surface area (Å²) in [5.41, 5.74) is -4.00. The number of aliphatic hydroxyl groups is 1. The van der Waals surface area contributed by atoms with Gasteiger partial charge < -0.3 is 10.4 Å². The molecule has 0 fully saturated rings. The Kier molecular flexibility index (Phi) is 9.38. The second kappa shape index (κ2) is 11.2. The lowest BCUT2D eigenvalue weighted by Gasteiger charge is -2.27. The molecule has 0 bridgehead atoms. The van der Waals surface area contributed by atoms with Gasteiger partial charge >= 0.3 is 6.18 Å². The average molecular weight is 589 g/mol. The van der Waals surface area contributed by atoms with Gasteiger partial charge in [0.1, 0.15) is 4.90 Å². The van der Waals surface area contributed by atoms with Crippen LogP contribution >= 0.6 is 23.4 Å². The maximum atomic E-state index is 13.6. The molecule has 2 N–H and O–H groups in total. The van der Waals surface area contributed by atoms with Crippen LogP contribution in [0.25, 0.3) is 0 Å². The third-order valence-corrected chi connectivity index (χ3v) is 9.19. The molecule has 0 radical (unpaired) electrons. The molecule has 0 spiro atoms. The Morgan fingerprint density at radius 1 is 1.11 bits per heavy atom. The summed E-state index contributed by atoms with van der Waals surface area (Å²) in [5.74, 6) is -1.20. The molecule has 0 aromatic heterocycles. The van der Waals surface area contributed by atoms with E-state index in [9.17, 15) is 39.9 Å². The molecule has 36 heavy (non-hydrogen) atoms. The molecular weight excluding hydrogens is 565 g/mol. The molecule has 1 amide bonds. The summed E-state index contributed by atoms with van der Waals surface area (Å²) >= 11 is 7.61. The molecule has 1 atom stereocenters. The van der Waals surface area contributed by atoms with E-state index in [1.165, 1.54) is 36.0 Å². The summed E-state index contributed by atoms with van der Waals surface area (Å²) in [4.78, 5) is 11.1. The normalized spacial score (nSPS) is 14.2. The highest BCUT2D eigenvalue weighted by Gasteiger charge is 2.55. The van der Waals surface area contributed by atoms with Crippen molar-refractivity contribution in [3.8, 4) is 0 Å². The molecule has 8 nitrogen and oxygen atoms in total. The van der Waals surface area contributed by atoms with E-state index < -0.39 is 47.3 Å². The fourth-order valence-corrected chi connectivity index (χ4v) is 6.70. The lowest BCUT2D eigenvalue weighted by atomic mass is 10.1. The maximum absolute atomic E-state index is 13.6. The van der Waals surface area contributed by atoms with E-state index in [2.05, 4.69) is 0 Å². The highest BCUT2D eigenvalue weighted by Crippen LogP contribution is 2.35. The Labute approximate surface area is 216 Å². The SMILES string of the molecule is CSCCCN(c1ccc(NC(=O)[C@@](C)(O)C(F)(F)F)c(Cl)c1)S(=O)(=O)c1ccccc1S(C)(=O)=O. The largest absolute Gasteiger partial charge is 0.426 e. The number of hydrogen-bond donors (Lipinski definition) is 2. The first-order valence-electron chi connectivity index (χ1n) is 10.2. The second-order valence-electron chi connectivity index (χ2n) is 7.83. The molecule has 2 aromatic rings. The number of anilines is 2. The summed E-state index contributed by atoms with van der Waals surface area (Å²) in [7, 11) is -8.34. The van der Waals surface area contributed by atoms with Gasteiger partial charge in [0, 0.05) is 12.8 Å². The number of rotatable bonds is 10. The molecule has 0 aliphatic carbocycles. The first kappa shape index (κ1) is 30.2. The number of carbonyl (C=O) groups is 1. The van der Waals surface area contributed by atoms with Crippen LogP contribution in [0.3, 0.4) is 0 Å². The van der Waals surface area contributed by atoms with Crippen LogP contribution in [0.15, 0.2) is 52.3 Å². The Morgan fingerprint density at radius 3 is 2.19 bits per heavy atom. The standard InChI is InChI=1S/C21H24ClF3N2O6S3/c1-20(29,21(23,24)25)19(28)26-16-10-9-14(13-15(16)22)27(11-6-12-34-2)36(32,33)18-8-5-4-7-17(18)35(3,30)31/h4-5,7-10,13,29H,6,11-12H2,1-3H3,(H,26,28)/t20-/m1/s1. The summed E-state index contributed by atoms with van der Waals surface area (Å²) < 4.78 is 91.4. The van der Waals surface area contributed by atoms with E-state index in [1.54, 1.807) is 0 Å². The van der Waals surface area contributed by atoms with Crippen molar-refractivity contribution in [2.75, 3.05) is 34.4 Å². The van der Waals surface area contributed by atoms with Gasteiger partial charge in [-0.2, -0.15) is 24.9 Å². The minimum atomic E-state index is -5.25. The molecule has 0 aliphatic heterocycles.